The van der Waals surface area contributed by atoms with Gasteiger partial charge < -0.3 is 10.2 Å². The Morgan fingerprint density at radius 1 is 1.21 bits per heavy atom. The molecule has 1 saturated carbocycles. The van der Waals surface area contributed by atoms with E-state index >= 15 is 0 Å². The van der Waals surface area contributed by atoms with Crippen molar-refractivity contribution >= 4 is 0 Å². The molecule has 2 rings (SSSR count). The number of hydrogen-bond donors (Lipinski definition) is 1. The summed E-state index contributed by atoms with van der Waals surface area (Å²) in [5.74, 6) is 0.812. The van der Waals surface area contributed by atoms with Gasteiger partial charge in [0.25, 0.3) is 0 Å². The summed E-state index contributed by atoms with van der Waals surface area (Å²) in [5, 5.41) is 3.73. The molecular weight excluding hydrogens is 232 g/mol. The van der Waals surface area contributed by atoms with Crippen molar-refractivity contribution in [2.45, 2.75) is 71.8 Å². The van der Waals surface area contributed by atoms with Gasteiger partial charge in [-0.1, -0.05) is 40.0 Å². The Balaban J connectivity index is 1.77. The highest BCUT2D eigenvalue weighted by atomic mass is 15.2. The minimum atomic E-state index is 0.613. The zero-order chi connectivity index (χ0) is 13.7. The van der Waals surface area contributed by atoms with Crippen molar-refractivity contribution in [2.24, 2.45) is 11.3 Å². The van der Waals surface area contributed by atoms with Gasteiger partial charge in [-0.25, -0.2) is 0 Å². The minimum Gasteiger partial charge on any atom is -0.314 e. The van der Waals surface area contributed by atoms with E-state index in [-0.39, 0.29) is 0 Å². The second-order valence-corrected chi connectivity index (χ2v) is 7.43. The van der Waals surface area contributed by atoms with Crippen LogP contribution in [0.2, 0.25) is 0 Å². The highest BCUT2D eigenvalue weighted by Gasteiger charge is 2.32. The maximum atomic E-state index is 3.73. The van der Waals surface area contributed by atoms with E-state index < -0.39 is 0 Å². The SMILES string of the molecule is CCCNC1CCN(CC2(C)CCCCC2)CC1C. The molecule has 112 valence electrons. The van der Waals surface area contributed by atoms with E-state index in [1.165, 1.54) is 71.1 Å². The van der Waals surface area contributed by atoms with Crippen LogP contribution in [-0.4, -0.2) is 37.1 Å². The van der Waals surface area contributed by atoms with Gasteiger partial charge in [-0.15, -0.1) is 0 Å². The predicted octanol–water partition coefficient (Wildman–Crippen LogP) is 3.67. The molecule has 1 aliphatic heterocycles. The highest BCUT2D eigenvalue weighted by molar-refractivity contribution is 4.87. The summed E-state index contributed by atoms with van der Waals surface area (Å²) in [6, 6.07) is 0.760. The normalized spacial score (nSPS) is 32.4. The van der Waals surface area contributed by atoms with E-state index in [0.717, 1.165) is 12.0 Å². The Labute approximate surface area is 120 Å². The quantitative estimate of drug-likeness (QED) is 0.817. The summed E-state index contributed by atoms with van der Waals surface area (Å²) < 4.78 is 0. The van der Waals surface area contributed by atoms with Crippen LogP contribution in [0.1, 0.15) is 65.7 Å². The van der Waals surface area contributed by atoms with Crippen molar-refractivity contribution in [3.8, 4) is 0 Å². The maximum absolute atomic E-state index is 3.73. The van der Waals surface area contributed by atoms with Gasteiger partial charge in [0.1, 0.15) is 0 Å². The standard InChI is InChI=1S/C17H34N2/c1-4-11-18-16-8-12-19(13-15(16)2)14-17(3)9-6-5-7-10-17/h15-16,18H,4-14H2,1-3H3. The molecule has 0 amide bonds. The summed E-state index contributed by atoms with van der Waals surface area (Å²) in [4.78, 5) is 2.75. The lowest BCUT2D eigenvalue weighted by atomic mass is 9.75. The number of rotatable bonds is 5. The molecule has 0 aromatic rings. The Bertz CT molecular complexity index is 258. The van der Waals surface area contributed by atoms with Gasteiger partial charge in [-0.05, 0) is 50.1 Å². The van der Waals surface area contributed by atoms with Crippen molar-refractivity contribution in [1.82, 2.24) is 10.2 Å². The predicted molar refractivity (Wildman–Crippen MR) is 83.5 cm³/mol. The van der Waals surface area contributed by atoms with Gasteiger partial charge >= 0.3 is 0 Å². The smallest absolute Gasteiger partial charge is 0.0117 e. The molecule has 19 heavy (non-hydrogen) atoms. The van der Waals surface area contributed by atoms with Crippen LogP contribution >= 0.6 is 0 Å². The molecule has 1 saturated heterocycles. The molecule has 0 aromatic heterocycles. The first-order valence-corrected chi connectivity index (χ1v) is 8.59. The van der Waals surface area contributed by atoms with Crippen molar-refractivity contribution in [3.05, 3.63) is 0 Å². The third kappa shape index (κ3) is 4.46. The molecule has 1 N–H and O–H groups in total. The van der Waals surface area contributed by atoms with Crippen LogP contribution in [0, 0.1) is 11.3 Å². The third-order valence-electron chi connectivity index (χ3n) is 5.31. The van der Waals surface area contributed by atoms with Gasteiger partial charge in [0.05, 0.1) is 0 Å². The summed E-state index contributed by atoms with van der Waals surface area (Å²) in [6.07, 6.45) is 9.89. The number of piperidine rings is 1. The minimum absolute atomic E-state index is 0.613. The van der Waals surface area contributed by atoms with Gasteiger partial charge in [0.2, 0.25) is 0 Å². The Kier molecular flexibility index (Phi) is 5.70. The first-order chi connectivity index (χ1) is 9.13. The number of likely N-dealkylation sites (tertiary alicyclic amines) is 1. The van der Waals surface area contributed by atoms with Crippen molar-refractivity contribution < 1.29 is 0 Å². The van der Waals surface area contributed by atoms with Crippen molar-refractivity contribution in [1.29, 1.82) is 0 Å². The summed E-state index contributed by atoms with van der Waals surface area (Å²) in [7, 11) is 0. The summed E-state index contributed by atoms with van der Waals surface area (Å²) >= 11 is 0. The van der Waals surface area contributed by atoms with Crippen LogP contribution in [0.3, 0.4) is 0 Å². The van der Waals surface area contributed by atoms with Gasteiger partial charge in [0, 0.05) is 19.1 Å². The molecule has 0 bridgehead atoms. The van der Waals surface area contributed by atoms with Gasteiger partial charge in [-0.2, -0.15) is 0 Å². The van der Waals surface area contributed by atoms with Crippen LogP contribution in [0.25, 0.3) is 0 Å². The molecule has 2 aliphatic rings. The first-order valence-electron chi connectivity index (χ1n) is 8.59. The van der Waals surface area contributed by atoms with Crippen LogP contribution < -0.4 is 5.32 Å². The molecule has 0 aromatic carbocycles. The summed E-state index contributed by atoms with van der Waals surface area (Å²) in [5.41, 5.74) is 0.613. The molecule has 2 unspecified atom stereocenters. The van der Waals surface area contributed by atoms with E-state index in [1.807, 2.05) is 0 Å². The average molecular weight is 266 g/mol. The molecule has 0 radical (unpaired) electrons. The molecular formula is C17H34N2. The van der Waals surface area contributed by atoms with E-state index in [0.29, 0.717) is 5.41 Å². The average Bonchev–Trinajstić information content (AvgIpc) is 2.38. The fourth-order valence-corrected chi connectivity index (χ4v) is 4.11. The highest BCUT2D eigenvalue weighted by Crippen LogP contribution is 2.37. The van der Waals surface area contributed by atoms with Crippen LogP contribution in [0.4, 0.5) is 0 Å². The number of hydrogen-bond acceptors (Lipinski definition) is 2. The summed E-state index contributed by atoms with van der Waals surface area (Å²) in [6.45, 7) is 12.4. The second-order valence-electron chi connectivity index (χ2n) is 7.43. The largest absolute Gasteiger partial charge is 0.314 e. The lowest BCUT2D eigenvalue weighted by Gasteiger charge is -2.43. The molecule has 2 fully saturated rings. The number of nitrogens with zero attached hydrogens (tertiary/aromatic N) is 1. The van der Waals surface area contributed by atoms with Crippen molar-refractivity contribution in [2.75, 3.05) is 26.2 Å². The molecule has 2 atom stereocenters. The van der Waals surface area contributed by atoms with Crippen LogP contribution in [0.5, 0.6) is 0 Å². The number of nitrogens with one attached hydrogen (secondary N) is 1. The van der Waals surface area contributed by atoms with E-state index in [2.05, 4.69) is 31.0 Å². The lowest BCUT2D eigenvalue weighted by molar-refractivity contribution is 0.0756. The van der Waals surface area contributed by atoms with Crippen molar-refractivity contribution in [3.63, 3.8) is 0 Å². The van der Waals surface area contributed by atoms with Crippen LogP contribution in [-0.2, 0) is 0 Å². The van der Waals surface area contributed by atoms with E-state index in [1.54, 1.807) is 0 Å². The second kappa shape index (κ2) is 7.08. The molecule has 0 spiro atoms. The molecule has 2 heteroatoms. The van der Waals surface area contributed by atoms with Crippen LogP contribution in [0.15, 0.2) is 0 Å². The van der Waals surface area contributed by atoms with Gasteiger partial charge in [0.15, 0.2) is 0 Å². The fourth-order valence-electron chi connectivity index (χ4n) is 4.11. The zero-order valence-electron chi connectivity index (χ0n) is 13.4. The topological polar surface area (TPSA) is 15.3 Å². The maximum Gasteiger partial charge on any atom is 0.0117 e. The Morgan fingerprint density at radius 2 is 1.95 bits per heavy atom. The van der Waals surface area contributed by atoms with E-state index in [4.69, 9.17) is 0 Å². The molecule has 1 aliphatic carbocycles. The fraction of sp³-hybridized carbons (Fsp3) is 1.00. The van der Waals surface area contributed by atoms with E-state index in [9.17, 15) is 0 Å². The Morgan fingerprint density at radius 3 is 2.58 bits per heavy atom. The zero-order valence-corrected chi connectivity index (χ0v) is 13.4. The lowest BCUT2D eigenvalue weighted by Crippen LogP contribution is -2.51. The van der Waals surface area contributed by atoms with Gasteiger partial charge in [-0.3, -0.25) is 0 Å². The first kappa shape index (κ1) is 15.3. The third-order valence-corrected chi connectivity index (χ3v) is 5.31. The molecule has 1 heterocycles. The Hall–Kier alpha value is -0.0800. The monoisotopic (exact) mass is 266 g/mol. The molecule has 2 nitrogen and oxygen atoms in total.